The number of carbonyl (C=O) groups excluding carboxylic acids is 3. The lowest BCUT2D eigenvalue weighted by molar-refractivity contribution is -0.167. The van der Waals surface area contributed by atoms with Crippen molar-refractivity contribution in [2.75, 3.05) is 13.2 Å². The zero-order chi connectivity index (χ0) is 49.3. The van der Waals surface area contributed by atoms with Gasteiger partial charge in [-0.1, -0.05) is 253 Å². The van der Waals surface area contributed by atoms with Gasteiger partial charge in [-0.25, -0.2) is 0 Å². The van der Waals surface area contributed by atoms with E-state index < -0.39 is 6.10 Å². The fourth-order valence-corrected chi connectivity index (χ4v) is 7.63. The molecule has 0 spiro atoms. The third-order valence-electron chi connectivity index (χ3n) is 11.9. The first-order chi connectivity index (χ1) is 33.5. The molecular formula is C62H104O6. The van der Waals surface area contributed by atoms with E-state index in [1.807, 2.05) is 0 Å². The van der Waals surface area contributed by atoms with E-state index in [0.717, 1.165) is 122 Å². The number of unbranched alkanes of at least 4 members (excludes halogenated alkanes) is 23. The summed E-state index contributed by atoms with van der Waals surface area (Å²) in [5.41, 5.74) is 0. The number of allylic oxidation sites excluding steroid dienone is 16. The Morgan fingerprint density at radius 3 is 0.897 bits per heavy atom. The molecule has 0 bridgehead atoms. The standard InChI is InChI=1S/C62H104O6/c1-4-7-10-13-16-18-20-22-23-24-25-26-27-28-29-30-31-32-33-34-35-36-37-38-39-41-42-44-46-49-52-55-61(64)67-58-59(57-66-60(63)54-51-48-15-12-9-6-3)68-62(65)56-53-50-47-45-43-40-21-19-17-14-11-8-5-2/h7,10,16,18,22-23,25-26,28-29,31-32,34-35,37-38,59H,4-6,8-9,11-15,17,19-21,24,27,30,33,36,39-58H2,1-3H3/b10-7-,18-16-,23-22-,26-25-,29-28-,32-31-,35-34-,38-37-. The summed E-state index contributed by atoms with van der Waals surface area (Å²) in [5, 5.41) is 0. The molecule has 0 aliphatic carbocycles. The highest BCUT2D eigenvalue weighted by Crippen LogP contribution is 2.15. The number of hydrogen-bond donors (Lipinski definition) is 0. The summed E-state index contributed by atoms with van der Waals surface area (Å²) < 4.78 is 16.7. The third-order valence-corrected chi connectivity index (χ3v) is 11.9. The predicted molar refractivity (Wildman–Crippen MR) is 293 cm³/mol. The van der Waals surface area contributed by atoms with Crippen molar-refractivity contribution in [2.45, 2.75) is 264 Å². The summed E-state index contributed by atoms with van der Waals surface area (Å²) in [6, 6.07) is 0. The molecule has 0 fully saturated rings. The summed E-state index contributed by atoms with van der Waals surface area (Å²) in [6.45, 7) is 6.45. The molecular weight excluding hydrogens is 841 g/mol. The van der Waals surface area contributed by atoms with E-state index in [1.54, 1.807) is 0 Å². The molecule has 0 aliphatic rings. The van der Waals surface area contributed by atoms with Gasteiger partial charge >= 0.3 is 17.9 Å². The molecule has 0 N–H and O–H groups in total. The van der Waals surface area contributed by atoms with Gasteiger partial charge in [-0.3, -0.25) is 14.4 Å². The molecule has 0 saturated heterocycles. The Labute approximate surface area is 419 Å². The molecule has 0 radical (unpaired) electrons. The van der Waals surface area contributed by atoms with Crippen LogP contribution in [0.15, 0.2) is 97.2 Å². The van der Waals surface area contributed by atoms with Gasteiger partial charge in [0.2, 0.25) is 0 Å². The molecule has 0 amide bonds. The second-order valence-electron chi connectivity index (χ2n) is 18.5. The van der Waals surface area contributed by atoms with Crippen molar-refractivity contribution in [1.82, 2.24) is 0 Å². The molecule has 0 aromatic rings. The third kappa shape index (κ3) is 53.3. The van der Waals surface area contributed by atoms with Gasteiger partial charge in [-0.2, -0.15) is 0 Å². The molecule has 0 heterocycles. The highest BCUT2D eigenvalue weighted by Gasteiger charge is 2.19. The van der Waals surface area contributed by atoms with Crippen molar-refractivity contribution in [1.29, 1.82) is 0 Å². The van der Waals surface area contributed by atoms with Crippen molar-refractivity contribution in [2.24, 2.45) is 0 Å². The molecule has 0 aromatic carbocycles. The fourth-order valence-electron chi connectivity index (χ4n) is 7.63. The molecule has 0 aliphatic heterocycles. The fraction of sp³-hybridized carbons (Fsp3) is 0.694. The average molecular weight is 946 g/mol. The maximum Gasteiger partial charge on any atom is 0.306 e. The van der Waals surface area contributed by atoms with Crippen LogP contribution in [-0.2, 0) is 28.6 Å². The minimum absolute atomic E-state index is 0.0801. The van der Waals surface area contributed by atoms with Crippen LogP contribution < -0.4 is 0 Å². The molecule has 1 atom stereocenters. The van der Waals surface area contributed by atoms with Crippen LogP contribution in [0.3, 0.4) is 0 Å². The normalized spacial score (nSPS) is 12.8. The number of ether oxygens (including phenoxy) is 3. The second kappa shape index (κ2) is 55.9. The van der Waals surface area contributed by atoms with Gasteiger partial charge in [0, 0.05) is 19.3 Å². The molecule has 68 heavy (non-hydrogen) atoms. The van der Waals surface area contributed by atoms with Crippen LogP contribution in [0.4, 0.5) is 0 Å². The maximum absolute atomic E-state index is 12.7. The van der Waals surface area contributed by atoms with Crippen molar-refractivity contribution in [3.8, 4) is 0 Å². The first-order valence-electron chi connectivity index (χ1n) is 28.2. The van der Waals surface area contributed by atoms with Gasteiger partial charge in [0.15, 0.2) is 6.10 Å². The minimum Gasteiger partial charge on any atom is -0.462 e. The zero-order valence-electron chi connectivity index (χ0n) is 44.3. The number of carbonyl (C=O) groups is 3. The van der Waals surface area contributed by atoms with Crippen molar-refractivity contribution < 1.29 is 28.6 Å². The molecule has 0 aromatic heterocycles. The Balaban J connectivity index is 4.13. The van der Waals surface area contributed by atoms with E-state index in [9.17, 15) is 14.4 Å². The zero-order valence-corrected chi connectivity index (χ0v) is 44.3. The predicted octanol–water partition coefficient (Wildman–Crippen LogP) is 18.9. The van der Waals surface area contributed by atoms with Crippen LogP contribution in [0, 0.1) is 0 Å². The van der Waals surface area contributed by atoms with Gasteiger partial charge in [0.05, 0.1) is 0 Å². The highest BCUT2D eigenvalue weighted by molar-refractivity contribution is 5.71. The quantitative estimate of drug-likeness (QED) is 0.0262. The van der Waals surface area contributed by atoms with Crippen LogP contribution >= 0.6 is 0 Å². The van der Waals surface area contributed by atoms with Crippen molar-refractivity contribution >= 4 is 17.9 Å². The lowest BCUT2D eigenvalue weighted by atomic mass is 10.0. The lowest BCUT2D eigenvalue weighted by Gasteiger charge is -2.18. The first-order valence-corrected chi connectivity index (χ1v) is 28.2. The van der Waals surface area contributed by atoms with E-state index >= 15 is 0 Å². The van der Waals surface area contributed by atoms with E-state index in [1.165, 1.54) is 96.3 Å². The SMILES string of the molecule is CC/C=C\C/C=C\C/C=C\C/C=C\C/C=C\C/C=C\C/C=C\C/C=C\CCCCCCCCC(=O)OCC(COC(=O)CCCCCCCC)OC(=O)CCCCCCCCCCCCCCC. The van der Waals surface area contributed by atoms with Gasteiger partial charge in [0.25, 0.3) is 0 Å². The van der Waals surface area contributed by atoms with Crippen LogP contribution in [0.2, 0.25) is 0 Å². The number of esters is 3. The molecule has 0 rings (SSSR count). The molecule has 6 heteroatoms. The molecule has 0 saturated carbocycles. The summed E-state index contributed by atoms with van der Waals surface area (Å²) >= 11 is 0. The monoisotopic (exact) mass is 945 g/mol. The van der Waals surface area contributed by atoms with Gasteiger partial charge < -0.3 is 14.2 Å². The Kier molecular flexibility index (Phi) is 52.9. The summed E-state index contributed by atoms with van der Waals surface area (Å²) in [7, 11) is 0. The smallest absolute Gasteiger partial charge is 0.306 e. The molecule has 6 nitrogen and oxygen atoms in total. The van der Waals surface area contributed by atoms with E-state index in [2.05, 4.69) is 118 Å². The minimum atomic E-state index is -0.777. The van der Waals surface area contributed by atoms with E-state index in [0.29, 0.717) is 19.3 Å². The number of hydrogen-bond acceptors (Lipinski definition) is 6. The summed E-state index contributed by atoms with van der Waals surface area (Å²) in [6.07, 6.45) is 74.3. The maximum atomic E-state index is 12.7. The largest absolute Gasteiger partial charge is 0.462 e. The van der Waals surface area contributed by atoms with E-state index in [4.69, 9.17) is 14.2 Å². The second-order valence-corrected chi connectivity index (χ2v) is 18.5. The van der Waals surface area contributed by atoms with Crippen LogP contribution in [0.1, 0.15) is 258 Å². The van der Waals surface area contributed by atoms with Crippen molar-refractivity contribution in [3.63, 3.8) is 0 Å². The molecule has 388 valence electrons. The van der Waals surface area contributed by atoms with Crippen LogP contribution in [0.5, 0.6) is 0 Å². The van der Waals surface area contributed by atoms with E-state index in [-0.39, 0.29) is 31.1 Å². The van der Waals surface area contributed by atoms with Gasteiger partial charge in [0.1, 0.15) is 13.2 Å². The Morgan fingerprint density at radius 2 is 0.574 bits per heavy atom. The number of rotatable bonds is 50. The summed E-state index contributed by atoms with van der Waals surface area (Å²) in [5.74, 6) is -0.903. The summed E-state index contributed by atoms with van der Waals surface area (Å²) in [4.78, 5) is 37.8. The first kappa shape index (κ1) is 64.3. The topological polar surface area (TPSA) is 78.9 Å². The Hall–Kier alpha value is -3.67. The average Bonchev–Trinajstić information content (AvgIpc) is 3.34. The lowest BCUT2D eigenvalue weighted by Crippen LogP contribution is -2.30. The van der Waals surface area contributed by atoms with Crippen molar-refractivity contribution in [3.05, 3.63) is 97.2 Å². The molecule has 1 unspecified atom stereocenters. The van der Waals surface area contributed by atoms with Crippen LogP contribution in [0.25, 0.3) is 0 Å². The highest BCUT2D eigenvalue weighted by atomic mass is 16.6. The van der Waals surface area contributed by atoms with Gasteiger partial charge in [-0.05, 0) is 83.5 Å². The van der Waals surface area contributed by atoms with Crippen LogP contribution in [-0.4, -0.2) is 37.2 Å². The Morgan fingerprint density at radius 1 is 0.309 bits per heavy atom. The van der Waals surface area contributed by atoms with Gasteiger partial charge in [-0.15, -0.1) is 0 Å². The Bertz CT molecular complexity index is 1360.